The zero-order chi connectivity index (χ0) is 10.8. The van der Waals surface area contributed by atoms with Crippen LogP contribution in [0.1, 0.15) is 5.56 Å². The maximum absolute atomic E-state index is 4.83. The summed E-state index contributed by atoms with van der Waals surface area (Å²) in [5.74, 6) is 0.862. The van der Waals surface area contributed by atoms with Gasteiger partial charge in [0, 0.05) is 6.42 Å². The Morgan fingerprint density at radius 3 is 2.88 bits per heavy atom. The van der Waals surface area contributed by atoms with Crippen LogP contribution in [0, 0.1) is 0 Å². The summed E-state index contributed by atoms with van der Waals surface area (Å²) in [6.07, 6.45) is 0.772. The third-order valence-corrected chi connectivity index (χ3v) is 3.05. The maximum atomic E-state index is 4.83. The number of benzene rings is 2. The molecule has 0 amide bonds. The topological polar surface area (TPSA) is 33.6 Å². The summed E-state index contributed by atoms with van der Waals surface area (Å²) in [5, 5.41) is 6.43. The van der Waals surface area contributed by atoms with Gasteiger partial charge < -0.3 is 0 Å². The predicted molar refractivity (Wildman–Crippen MR) is 66.9 cm³/mol. The van der Waals surface area contributed by atoms with Crippen LogP contribution in [0.15, 0.2) is 47.6 Å². The van der Waals surface area contributed by atoms with Crippen LogP contribution in [0.5, 0.6) is 0 Å². The van der Waals surface area contributed by atoms with Crippen LogP contribution < -0.4 is 4.72 Å². The highest BCUT2D eigenvalue weighted by Gasteiger charge is 2.10. The summed E-state index contributed by atoms with van der Waals surface area (Å²) in [4.78, 5) is 0. The average Bonchev–Trinajstić information content (AvgIpc) is 2.82. The van der Waals surface area contributed by atoms with Gasteiger partial charge in [-0.15, -0.1) is 0 Å². The fourth-order valence-electron chi connectivity index (χ4n) is 1.84. The minimum absolute atomic E-state index is 0.772. The van der Waals surface area contributed by atoms with Crippen LogP contribution in [-0.2, 0) is 10.7 Å². The molecular formula is C12H10N2OS. The molecule has 2 aromatic rings. The van der Waals surface area contributed by atoms with E-state index in [9.17, 15) is 0 Å². The molecule has 0 fully saturated rings. The molecule has 1 aliphatic heterocycles. The third kappa shape index (κ3) is 1.72. The normalized spacial score (nSPS) is 14.4. The van der Waals surface area contributed by atoms with Gasteiger partial charge in [0.15, 0.2) is 5.84 Å². The molecule has 0 bridgehead atoms. The van der Waals surface area contributed by atoms with Crippen LogP contribution in [0.2, 0.25) is 0 Å². The molecule has 0 atom stereocenters. The van der Waals surface area contributed by atoms with E-state index >= 15 is 0 Å². The number of nitrogens with zero attached hydrogens (tertiary/aromatic N) is 1. The zero-order valence-corrected chi connectivity index (χ0v) is 9.33. The lowest BCUT2D eigenvalue weighted by Gasteiger charge is -2.05. The molecule has 1 N–H and O–H groups in total. The van der Waals surface area contributed by atoms with Crippen LogP contribution in [-0.4, -0.2) is 5.84 Å². The molecule has 3 rings (SSSR count). The molecule has 80 valence electrons. The summed E-state index contributed by atoms with van der Waals surface area (Å²) in [7, 11) is 0. The van der Waals surface area contributed by atoms with Crippen LogP contribution >= 0.6 is 12.2 Å². The van der Waals surface area contributed by atoms with Crippen molar-refractivity contribution in [1.82, 2.24) is 4.72 Å². The molecule has 0 spiro atoms. The van der Waals surface area contributed by atoms with E-state index in [-0.39, 0.29) is 0 Å². The van der Waals surface area contributed by atoms with Crippen LogP contribution in [0.4, 0.5) is 0 Å². The number of rotatable bonds is 2. The van der Waals surface area contributed by atoms with Gasteiger partial charge >= 0.3 is 0 Å². The fraction of sp³-hybridized carbons (Fsp3) is 0.0833. The van der Waals surface area contributed by atoms with Crippen molar-refractivity contribution in [3.8, 4) is 0 Å². The molecule has 1 aliphatic rings. The number of nitrogens with one attached hydrogen (secondary N) is 1. The van der Waals surface area contributed by atoms with Gasteiger partial charge in [-0.2, -0.15) is 0 Å². The first-order chi connectivity index (χ1) is 7.93. The van der Waals surface area contributed by atoms with Gasteiger partial charge in [0.1, 0.15) is 0 Å². The van der Waals surface area contributed by atoms with Gasteiger partial charge in [-0.05, 0) is 16.3 Å². The Balaban J connectivity index is 2.02. The highest BCUT2D eigenvalue weighted by atomic mass is 32.2. The first-order valence-corrected chi connectivity index (χ1v) is 5.80. The number of fused-ring (bicyclic) bond motifs is 1. The molecule has 1 heterocycles. The molecule has 0 saturated carbocycles. The van der Waals surface area contributed by atoms with Crippen molar-refractivity contribution in [2.75, 3.05) is 0 Å². The first-order valence-electron chi connectivity index (χ1n) is 5.06. The Labute approximate surface area is 97.8 Å². The highest BCUT2D eigenvalue weighted by Crippen LogP contribution is 2.20. The summed E-state index contributed by atoms with van der Waals surface area (Å²) < 4.78 is 7.85. The second kappa shape index (κ2) is 4.06. The Morgan fingerprint density at radius 2 is 2.00 bits per heavy atom. The smallest absolute Gasteiger partial charge is 0.208 e. The maximum Gasteiger partial charge on any atom is 0.208 e. The van der Waals surface area contributed by atoms with Crippen molar-refractivity contribution < 1.29 is 4.28 Å². The summed E-state index contributed by atoms with van der Waals surface area (Å²) in [5.41, 5.74) is 1.26. The third-order valence-electron chi connectivity index (χ3n) is 2.58. The molecular weight excluding hydrogens is 220 g/mol. The van der Waals surface area contributed by atoms with Gasteiger partial charge in [0.25, 0.3) is 0 Å². The van der Waals surface area contributed by atoms with E-state index in [1.807, 2.05) is 0 Å². The van der Waals surface area contributed by atoms with Crippen LogP contribution in [0.3, 0.4) is 0 Å². The second-order valence-electron chi connectivity index (χ2n) is 3.61. The van der Waals surface area contributed by atoms with Crippen molar-refractivity contribution in [3.05, 3.63) is 48.0 Å². The summed E-state index contributed by atoms with van der Waals surface area (Å²) in [6.45, 7) is 0. The molecule has 0 radical (unpaired) electrons. The predicted octanol–water partition coefficient (Wildman–Crippen LogP) is 2.88. The highest BCUT2D eigenvalue weighted by molar-refractivity contribution is 7.93. The van der Waals surface area contributed by atoms with E-state index < -0.39 is 0 Å². The minimum Gasteiger partial charge on any atom is -0.297 e. The lowest BCUT2D eigenvalue weighted by atomic mass is 10.0. The van der Waals surface area contributed by atoms with E-state index in [0.29, 0.717) is 0 Å². The molecule has 2 aromatic carbocycles. The second-order valence-corrected chi connectivity index (χ2v) is 4.13. The first kappa shape index (κ1) is 9.54. The lowest BCUT2D eigenvalue weighted by Crippen LogP contribution is -2.13. The standard InChI is InChI=1S/C12H10N2OS/c1-2-7-11-9(4-1)5-3-6-10(11)8-12-13-15-16-14-12/h1-7H,8H2,(H,13,14). The van der Waals surface area contributed by atoms with Crippen LogP contribution in [0.25, 0.3) is 10.8 Å². The molecule has 3 nitrogen and oxygen atoms in total. The lowest BCUT2D eigenvalue weighted by molar-refractivity contribution is 0.415. The van der Waals surface area contributed by atoms with Gasteiger partial charge in [-0.3, -0.25) is 9.01 Å². The Bertz CT molecular complexity index is 548. The van der Waals surface area contributed by atoms with E-state index in [2.05, 4.69) is 52.3 Å². The Kier molecular flexibility index (Phi) is 2.42. The summed E-state index contributed by atoms with van der Waals surface area (Å²) >= 11 is 1.15. The van der Waals surface area contributed by atoms with E-state index in [1.54, 1.807) is 0 Å². The van der Waals surface area contributed by atoms with Gasteiger partial charge in [0.05, 0.1) is 0 Å². The van der Waals surface area contributed by atoms with Crippen molar-refractivity contribution >= 4 is 28.8 Å². The SMILES string of the molecule is c1ccc2c(CC3=NOSN3)cccc2c1. The summed E-state index contributed by atoms with van der Waals surface area (Å²) in [6, 6.07) is 14.7. The largest absolute Gasteiger partial charge is 0.297 e. The van der Waals surface area contributed by atoms with E-state index in [4.69, 9.17) is 4.28 Å². The quantitative estimate of drug-likeness (QED) is 0.636. The van der Waals surface area contributed by atoms with Gasteiger partial charge in [0.2, 0.25) is 12.2 Å². The van der Waals surface area contributed by atoms with Crippen molar-refractivity contribution in [1.29, 1.82) is 0 Å². The number of amidine groups is 1. The fourth-order valence-corrected chi connectivity index (χ4v) is 2.21. The van der Waals surface area contributed by atoms with Gasteiger partial charge in [-0.1, -0.05) is 47.6 Å². The van der Waals surface area contributed by atoms with Crippen molar-refractivity contribution in [3.63, 3.8) is 0 Å². The number of hydrogen-bond donors (Lipinski definition) is 1. The Hall–Kier alpha value is -1.68. The van der Waals surface area contributed by atoms with Crippen molar-refractivity contribution in [2.24, 2.45) is 5.16 Å². The Morgan fingerprint density at radius 1 is 1.12 bits per heavy atom. The molecule has 0 saturated heterocycles. The molecule has 0 aliphatic carbocycles. The van der Waals surface area contributed by atoms with Crippen molar-refractivity contribution in [2.45, 2.75) is 6.42 Å². The van der Waals surface area contributed by atoms with Gasteiger partial charge in [-0.25, -0.2) is 0 Å². The number of oxime groups is 1. The monoisotopic (exact) mass is 230 g/mol. The van der Waals surface area contributed by atoms with E-state index in [0.717, 1.165) is 24.5 Å². The number of hydrogen-bond acceptors (Lipinski definition) is 4. The van der Waals surface area contributed by atoms with E-state index in [1.165, 1.54) is 16.3 Å². The molecule has 16 heavy (non-hydrogen) atoms. The average molecular weight is 230 g/mol. The molecule has 0 aromatic heterocycles. The molecule has 4 heteroatoms. The minimum atomic E-state index is 0.772. The molecule has 0 unspecified atom stereocenters. The zero-order valence-electron chi connectivity index (χ0n) is 8.51.